The number of hydrogen-bond donors (Lipinski definition) is 1. The first-order valence-electron chi connectivity index (χ1n) is 8.28. The number of aromatic nitrogens is 1. The van der Waals surface area contributed by atoms with Crippen molar-refractivity contribution in [1.82, 2.24) is 4.98 Å². The summed E-state index contributed by atoms with van der Waals surface area (Å²) in [4.78, 5) is 15.0. The van der Waals surface area contributed by atoms with Crippen LogP contribution < -0.4 is 0 Å². The molecule has 0 amide bonds. The Labute approximate surface area is 153 Å². The van der Waals surface area contributed by atoms with Gasteiger partial charge >= 0.3 is 5.69 Å². The summed E-state index contributed by atoms with van der Waals surface area (Å²) in [6, 6.07) is 9.47. The Morgan fingerprint density at radius 2 is 1.96 bits per heavy atom. The zero-order valence-corrected chi connectivity index (χ0v) is 14.1. The summed E-state index contributed by atoms with van der Waals surface area (Å²) in [5.74, 6) is -0.428. The van der Waals surface area contributed by atoms with Gasteiger partial charge < -0.3 is 14.6 Å². The maximum atomic E-state index is 14.1. The van der Waals surface area contributed by atoms with Crippen molar-refractivity contribution in [1.29, 1.82) is 0 Å². The highest BCUT2D eigenvalue weighted by atomic mass is 19.1. The fourth-order valence-corrected chi connectivity index (χ4v) is 3.16. The predicted octanol–water partition coefficient (Wildman–Crippen LogP) is 3.49. The molecule has 0 saturated carbocycles. The number of halogens is 1. The summed E-state index contributed by atoms with van der Waals surface area (Å²) in [6.07, 6.45) is 0.746. The molecule has 0 bridgehead atoms. The third kappa shape index (κ3) is 3.14. The van der Waals surface area contributed by atoms with Crippen LogP contribution in [0.1, 0.15) is 17.4 Å². The van der Waals surface area contributed by atoms with Crippen molar-refractivity contribution >= 4 is 16.6 Å². The van der Waals surface area contributed by atoms with Gasteiger partial charge in [0.1, 0.15) is 11.3 Å². The fraction of sp³-hybridized carbons (Fsp3) is 0.211. The standard InChI is InChI=1S/C19H15FN2O5/c20-16-4-3-11(8-15(16)19-26-5-6-27-19)14-7-12-1-2-13(10-23)18(22(24)25)17(12)21-9-14/h1-4,7-9,19,23H,5-6,10H2. The minimum atomic E-state index is -0.744. The SMILES string of the molecule is O=[N+]([O-])c1c(CO)ccc2cc(-c3ccc(F)c(C4OCCO4)c3)cnc12. The molecule has 1 aliphatic heterocycles. The van der Waals surface area contributed by atoms with Gasteiger partial charge in [0.25, 0.3) is 0 Å². The lowest BCUT2D eigenvalue weighted by Crippen LogP contribution is -2.02. The summed E-state index contributed by atoms with van der Waals surface area (Å²) < 4.78 is 24.9. The fourth-order valence-electron chi connectivity index (χ4n) is 3.16. The van der Waals surface area contributed by atoms with E-state index in [0.717, 1.165) is 0 Å². The van der Waals surface area contributed by atoms with Crippen molar-refractivity contribution in [3.05, 3.63) is 69.7 Å². The molecule has 1 aliphatic rings. The summed E-state index contributed by atoms with van der Waals surface area (Å²) in [5.41, 5.74) is 1.84. The average Bonchev–Trinajstić information content (AvgIpc) is 3.21. The number of nitrogens with zero attached hydrogens (tertiary/aromatic N) is 2. The topological polar surface area (TPSA) is 94.7 Å². The Balaban J connectivity index is 1.81. The van der Waals surface area contributed by atoms with Gasteiger partial charge in [-0.05, 0) is 29.8 Å². The lowest BCUT2D eigenvalue weighted by Gasteiger charge is -2.12. The lowest BCUT2D eigenvalue weighted by atomic mass is 10.0. The molecule has 0 atom stereocenters. The quantitative estimate of drug-likeness (QED) is 0.558. The second-order valence-corrected chi connectivity index (χ2v) is 6.09. The highest BCUT2D eigenvalue weighted by Crippen LogP contribution is 2.33. The normalized spacial score (nSPS) is 14.7. The smallest absolute Gasteiger partial charge is 0.300 e. The van der Waals surface area contributed by atoms with Crippen molar-refractivity contribution < 1.29 is 23.9 Å². The van der Waals surface area contributed by atoms with Crippen molar-refractivity contribution in [3.63, 3.8) is 0 Å². The van der Waals surface area contributed by atoms with Crippen LogP contribution in [0.3, 0.4) is 0 Å². The molecule has 2 aromatic carbocycles. The molecular formula is C19H15FN2O5. The van der Waals surface area contributed by atoms with Crippen LogP contribution in [0.4, 0.5) is 10.1 Å². The molecule has 1 saturated heterocycles. The minimum Gasteiger partial charge on any atom is -0.391 e. The van der Waals surface area contributed by atoms with E-state index in [1.165, 1.54) is 18.3 Å². The van der Waals surface area contributed by atoms with Gasteiger partial charge in [0, 0.05) is 22.7 Å². The van der Waals surface area contributed by atoms with E-state index in [2.05, 4.69) is 4.98 Å². The second kappa shape index (κ2) is 6.99. The van der Waals surface area contributed by atoms with Crippen LogP contribution >= 0.6 is 0 Å². The average molecular weight is 370 g/mol. The molecule has 8 heteroatoms. The van der Waals surface area contributed by atoms with Gasteiger partial charge in [-0.15, -0.1) is 0 Å². The van der Waals surface area contributed by atoms with Crippen molar-refractivity contribution in [2.45, 2.75) is 12.9 Å². The third-order valence-corrected chi connectivity index (χ3v) is 4.47. The van der Waals surface area contributed by atoms with Crippen LogP contribution in [0.25, 0.3) is 22.0 Å². The van der Waals surface area contributed by atoms with E-state index < -0.39 is 23.6 Å². The lowest BCUT2D eigenvalue weighted by molar-refractivity contribution is -0.384. The Kier molecular flexibility index (Phi) is 4.53. The molecule has 138 valence electrons. The summed E-state index contributed by atoms with van der Waals surface area (Å²) in [5, 5.41) is 21.2. The molecule has 4 rings (SSSR count). The molecule has 0 spiro atoms. The van der Waals surface area contributed by atoms with Gasteiger partial charge in [-0.2, -0.15) is 0 Å². The number of ether oxygens (including phenoxy) is 2. The number of benzene rings is 2. The Morgan fingerprint density at radius 1 is 1.19 bits per heavy atom. The molecule has 3 aromatic rings. The third-order valence-electron chi connectivity index (χ3n) is 4.47. The number of fused-ring (bicyclic) bond motifs is 1. The van der Waals surface area contributed by atoms with Gasteiger partial charge in [0.2, 0.25) is 0 Å². The Hall–Kier alpha value is -2.94. The number of aliphatic hydroxyl groups excluding tert-OH is 1. The first-order valence-corrected chi connectivity index (χ1v) is 8.28. The largest absolute Gasteiger partial charge is 0.391 e. The highest BCUT2D eigenvalue weighted by Gasteiger charge is 2.23. The monoisotopic (exact) mass is 370 g/mol. The Morgan fingerprint density at radius 3 is 2.67 bits per heavy atom. The molecule has 27 heavy (non-hydrogen) atoms. The minimum absolute atomic E-state index is 0.195. The number of rotatable bonds is 4. The van der Waals surface area contributed by atoms with E-state index in [0.29, 0.717) is 35.3 Å². The van der Waals surface area contributed by atoms with E-state index in [9.17, 15) is 19.6 Å². The van der Waals surface area contributed by atoms with Crippen LogP contribution in [0.5, 0.6) is 0 Å². The van der Waals surface area contributed by atoms with Crippen LogP contribution in [-0.2, 0) is 16.1 Å². The van der Waals surface area contributed by atoms with Gasteiger partial charge in [0.05, 0.1) is 30.3 Å². The van der Waals surface area contributed by atoms with Crippen molar-refractivity contribution in [2.24, 2.45) is 0 Å². The van der Waals surface area contributed by atoms with Gasteiger partial charge in [-0.1, -0.05) is 12.1 Å². The van der Waals surface area contributed by atoms with E-state index in [1.54, 1.807) is 24.3 Å². The molecule has 1 aromatic heterocycles. The number of aliphatic hydroxyl groups is 1. The molecule has 0 unspecified atom stereocenters. The summed E-state index contributed by atoms with van der Waals surface area (Å²) in [7, 11) is 0. The molecule has 0 aliphatic carbocycles. The van der Waals surface area contributed by atoms with E-state index in [4.69, 9.17) is 9.47 Å². The number of hydrogen-bond acceptors (Lipinski definition) is 6. The van der Waals surface area contributed by atoms with Crippen molar-refractivity contribution in [3.8, 4) is 11.1 Å². The predicted molar refractivity (Wildman–Crippen MR) is 94.4 cm³/mol. The van der Waals surface area contributed by atoms with E-state index in [-0.39, 0.29) is 16.8 Å². The molecule has 1 N–H and O–H groups in total. The zero-order chi connectivity index (χ0) is 19.0. The van der Waals surface area contributed by atoms with Gasteiger partial charge in [0.15, 0.2) is 6.29 Å². The molecular weight excluding hydrogens is 355 g/mol. The molecule has 7 nitrogen and oxygen atoms in total. The number of pyridine rings is 1. The van der Waals surface area contributed by atoms with Crippen LogP contribution in [0.2, 0.25) is 0 Å². The van der Waals surface area contributed by atoms with Gasteiger partial charge in [-0.25, -0.2) is 9.37 Å². The number of nitro groups is 1. The van der Waals surface area contributed by atoms with Crippen LogP contribution in [0, 0.1) is 15.9 Å². The highest BCUT2D eigenvalue weighted by molar-refractivity contribution is 5.91. The first kappa shape index (κ1) is 17.5. The molecule has 0 radical (unpaired) electrons. The van der Waals surface area contributed by atoms with Crippen LogP contribution in [-0.4, -0.2) is 28.2 Å². The molecule has 1 fully saturated rings. The van der Waals surface area contributed by atoms with Crippen molar-refractivity contribution in [2.75, 3.05) is 13.2 Å². The molecule has 2 heterocycles. The van der Waals surface area contributed by atoms with Crippen LogP contribution in [0.15, 0.2) is 42.6 Å². The maximum Gasteiger partial charge on any atom is 0.300 e. The van der Waals surface area contributed by atoms with E-state index in [1.807, 2.05) is 0 Å². The first-order chi connectivity index (χ1) is 13.1. The Bertz CT molecular complexity index is 1030. The number of nitro benzene ring substituents is 1. The summed E-state index contributed by atoms with van der Waals surface area (Å²) in [6.45, 7) is 0.365. The van der Waals surface area contributed by atoms with Gasteiger partial charge in [-0.3, -0.25) is 10.1 Å². The zero-order valence-electron chi connectivity index (χ0n) is 14.1. The second-order valence-electron chi connectivity index (χ2n) is 6.09. The summed E-state index contributed by atoms with van der Waals surface area (Å²) >= 11 is 0. The maximum absolute atomic E-state index is 14.1. The van der Waals surface area contributed by atoms with E-state index >= 15 is 0 Å².